The number of aryl methyl sites for hydroxylation is 1. The molecule has 0 aromatic heterocycles. The summed E-state index contributed by atoms with van der Waals surface area (Å²) in [6.07, 6.45) is 3.98. The van der Waals surface area contributed by atoms with E-state index in [1.165, 1.54) is 5.56 Å². The van der Waals surface area contributed by atoms with E-state index < -0.39 is 5.41 Å². The molecule has 1 aliphatic rings. The molecular formula is C21H27NO3. The van der Waals surface area contributed by atoms with Crippen LogP contribution in [0.15, 0.2) is 30.3 Å². The van der Waals surface area contributed by atoms with E-state index in [9.17, 15) is 9.59 Å². The summed E-state index contributed by atoms with van der Waals surface area (Å²) in [7, 11) is 0. The Morgan fingerprint density at radius 3 is 2.48 bits per heavy atom. The molecular weight excluding hydrogens is 314 g/mol. The Kier molecular flexibility index (Phi) is 7.06. The van der Waals surface area contributed by atoms with Crippen LogP contribution in [0, 0.1) is 17.3 Å². The Hall–Kier alpha value is -2.28. The van der Waals surface area contributed by atoms with Crippen LogP contribution in [0.3, 0.4) is 0 Å². The molecule has 0 saturated carbocycles. The average molecular weight is 341 g/mol. The van der Waals surface area contributed by atoms with Gasteiger partial charge >= 0.3 is 5.97 Å². The summed E-state index contributed by atoms with van der Waals surface area (Å²) in [4.78, 5) is 26.3. The van der Waals surface area contributed by atoms with Gasteiger partial charge in [-0.1, -0.05) is 36.3 Å². The minimum Gasteiger partial charge on any atom is -0.466 e. The number of hydrogen-bond donors (Lipinski definition) is 0. The summed E-state index contributed by atoms with van der Waals surface area (Å²) in [5, 5.41) is 0. The first kappa shape index (κ1) is 19.1. The molecule has 1 heterocycles. The molecule has 0 unspecified atom stereocenters. The number of carbonyl (C=O) groups excluding carboxylic acids is 2. The second kappa shape index (κ2) is 9.27. The third kappa shape index (κ3) is 5.09. The molecule has 1 amide bonds. The van der Waals surface area contributed by atoms with Crippen LogP contribution in [0.1, 0.15) is 45.1 Å². The monoisotopic (exact) mass is 341 g/mol. The maximum absolute atomic E-state index is 12.6. The number of benzene rings is 1. The fourth-order valence-electron chi connectivity index (χ4n) is 3.44. The Labute approximate surface area is 150 Å². The molecule has 25 heavy (non-hydrogen) atoms. The van der Waals surface area contributed by atoms with Crippen LogP contribution in [0.4, 0.5) is 0 Å². The van der Waals surface area contributed by atoms with Crippen molar-refractivity contribution in [3.63, 3.8) is 0 Å². The van der Waals surface area contributed by atoms with Crippen LogP contribution in [-0.2, 0) is 20.7 Å². The van der Waals surface area contributed by atoms with Crippen LogP contribution in [-0.4, -0.2) is 36.5 Å². The number of piperidine rings is 1. The number of carbonyl (C=O) groups is 2. The lowest BCUT2D eigenvalue weighted by molar-refractivity contribution is -0.160. The summed E-state index contributed by atoms with van der Waals surface area (Å²) in [6, 6.07) is 10.3. The van der Waals surface area contributed by atoms with E-state index in [1.54, 1.807) is 11.8 Å². The molecule has 0 atom stereocenters. The van der Waals surface area contributed by atoms with Crippen molar-refractivity contribution in [1.82, 2.24) is 4.90 Å². The van der Waals surface area contributed by atoms with Gasteiger partial charge in [0.1, 0.15) is 0 Å². The molecule has 1 fully saturated rings. The maximum atomic E-state index is 12.6. The molecule has 0 radical (unpaired) electrons. The lowest BCUT2D eigenvalue weighted by Gasteiger charge is -2.39. The largest absolute Gasteiger partial charge is 0.466 e. The van der Waals surface area contributed by atoms with E-state index in [4.69, 9.17) is 4.74 Å². The van der Waals surface area contributed by atoms with E-state index in [0.29, 0.717) is 32.5 Å². The number of likely N-dealkylation sites (tertiary alicyclic amines) is 1. The van der Waals surface area contributed by atoms with Crippen LogP contribution in [0.25, 0.3) is 0 Å². The van der Waals surface area contributed by atoms with E-state index in [0.717, 1.165) is 19.3 Å². The normalized spacial score (nSPS) is 15.8. The highest BCUT2D eigenvalue weighted by Gasteiger charge is 2.42. The molecule has 2 rings (SSSR count). The minimum absolute atomic E-state index is 0.114. The van der Waals surface area contributed by atoms with Gasteiger partial charge in [-0.3, -0.25) is 9.59 Å². The van der Waals surface area contributed by atoms with Gasteiger partial charge in [0.25, 0.3) is 5.91 Å². The molecule has 0 bridgehead atoms. The predicted octanol–water partition coefficient (Wildman–Crippen LogP) is 3.20. The van der Waals surface area contributed by atoms with Crippen molar-refractivity contribution >= 4 is 11.9 Å². The van der Waals surface area contributed by atoms with Gasteiger partial charge in [-0.15, -0.1) is 0 Å². The van der Waals surface area contributed by atoms with Crippen LogP contribution >= 0.6 is 0 Å². The third-order valence-corrected chi connectivity index (χ3v) is 4.91. The molecule has 1 aromatic carbocycles. The first-order valence-electron chi connectivity index (χ1n) is 9.04. The quantitative estimate of drug-likeness (QED) is 0.590. The highest BCUT2D eigenvalue weighted by Crippen LogP contribution is 2.38. The Balaban J connectivity index is 1.99. The second-order valence-electron chi connectivity index (χ2n) is 6.51. The van der Waals surface area contributed by atoms with E-state index >= 15 is 0 Å². The Morgan fingerprint density at radius 2 is 1.88 bits per heavy atom. The highest BCUT2D eigenvalue weighted by molar-refractivity contribution is 5.93. The first-order valence-corrected chi connectivity index (χ1v) is 9.04. The second-order valence-corrected chi connectivity index (χ2v) is 6.51. The van der Waals surface area contributed by atoms with Crippen molar-refractivity contribution in [1.29, 1.82) is 0 Å². The van der Waals surface area contributed by atoms with Gasteiger partial charge < -0.3 is 9.64 Å². The molecule has 4 nitrogen and oxygen atoms in total. The van der Waals surface area contributed by atoms with Gasteiger partial charge in [0, 0.05) is 13.1 Å². The summed E-state index contributed by atoms with van der Waals surface area (Å²) in [5.41, 5.74) is 0.814. The van der Waals surface area contributed by atoms with Crippen LogP contribution in [0.5, 0.6) is 0 Å². The minimum atomic E-state index is -0.471. The molecule has 1 saturated heterocycles. The smallest absolute Gasteiger partial charge is 0.312 e. The first-order chi connectivity index (χ1) is 12.1. The molecule has 0 N–H and O–H groups in total. The van der Waals surface area contributed by atoms with Gasteiger partial charge in [-0.05, 0) is 57.4 Å². The Bertz CT molecular complexity index is 634. The Morgan fingerprint density at radius 1 is 1.20 bits per heavy atom. The summed E-state index contributed by atoms with van der Waals surface area (Å²) < 4.78 is 5.36. The zero-order chi connectivity index (χ0) is 18.1. The van der Waals surface area contributed by atoms with Gasteiger partial charge in [0.05, 0.1) is 12.0 Å². The van der Waals surface area contributed by atoms with E-state index in [-0.39, 0.29) is 11.9 Å². The van der Waals surface area contributed by atoms with Crippen LogP contribution < -0.4 is 0 Å². The van der Waals surface area contributed by atoms with Crippen molar-refractivity contribution in [2.75, 3.05) is 19.7 Å². The van der Waals surface area contributed by atoms with Crippen molar-refractivity contribution in [3.05, 3.63) is 35.9 Å². The van der Waals surface area contributed by atoms with Crippen molar-refractivity contribution < 1.29 is 14.3 Å². The SMILES string of the molecule is CC#CC(=O)N1CCC(CCCc2ccccc2)(C(=O)OCC)CC1. The fourth-order valence-corrected chi connectivity index (χ4v) is 3.44. The van der Waals surface area contributed by atoms with Gasteiger partial charge in [0.2, 0.25) is 0 Å². The van der Waals surface area contributed by atoms with Gasteiger partial charge in [-0.25, -0.2) is 0 Å². The molecule has 134 valence electrons. The van der Waals surface area contributed by atoms with Crippen molar-refractivity contribution in [2.45, 2.75) is 46.0 Å². The lowest BCUT2D eigenvalue weighted by Crippen LogP contribution is -2.47. The highest BCUT2D eigenvalue weighted by atomic mass is 16.5. The van der Waals surface area contributed by atoms with Crippen molar-refractivity contribution in [3.8, 4) is 11.8 Å². The van der Waals surface area contributed by atoms with E-state index in [2.05, 4.69) is 24.0 Å². The maximum Gasteiger partial charge on any atom is 0.312 e. The number of nitrogens with zero attached hydrogens (tertiary/aromatic N) is 1. The number of hydrogen-bond acceptors (Lipinski definition) is 3. The number of rotatable bonds is 6. The molecule has 0 spiro atoms. The lowest BCUT2D eigenvalue weighted by atomic mass is 9.74. The molecule has 4 heteroatoms. The number of ether oxygens (including phenoxy) is 1. The topological polar surface area (TPSA) is 46.6 Å². The average Bonchev–Trinajstić information content (AvgIpc) is 2.63. The zero-order valence-corrected chi connectivity index (χ0v) is 15.2. The molecule has 0 aliphatic carbocycles. The standard InChI is InChI=1S/C21H27NO3/c1-3-9-19(23)22-16-14-21(15-17-22,20(24)25-4-2)13-8-12-18-10-6-5-7-11-18/h5-7,10-11H,4,8,12-17H2,1-2H3. The third-order valence-electron chi connectivity index (χ3n) is 4.91. The fraction of sp³-hybridized carbons (Fsp3) is 0.524. The number of esters is 1. The molecule has 1 aliphatic heterocycles. The zero-order valence-electron chi connectivity index (χ0n) is 15.2. The summed E-state index contributed by atoms with van der Waals surface area (Å²) in [5.74, 6) is 4.97. The van der Waals surface area contributed by atoms with Gasteiger partial charge in [0.15, 0.2) is 0 Å². The van der Waals surface area contributed by atoms with Crippen LogP contribution in [0.2, 0.25) is 0 Å². The summed E-state index contributed by atoms with van der Waals surface area (Å²) in [6.45, 7) is 5.03. The molecule has 1 aromatic rings. The summed E-state index contributed by atoms with van der Waals surface area (Å²) >= 11 is 0. The number of amides is 1. The predicted molar refractivity (Wildman–Crippen MR) is 97.7 cm³/mol. The van der Waals surface area contributed by atoms with Gasteiger partial charge in [-0.2, -0.15) is 0 Å². The van der Waals surface area contributed by atoms with Crippen molar-refractivity contribution in [2.24, 2.45) is 5.41 Å². The van der Waals surface area contributed by atoms with E-state index in [1.807, 2.05) is 25.1 Å².